The van der Waals surface area contributed by atoms with Crippen molar-refractivity contribution in [3.8, 4) is 11.5 Å². The number of hydrogen-bond acceptors (Lipinski definition) is 2. The minimum Gasteiger partial charge on any atom is -0.507 e. The molecule has 2 aromatic carbocycles. The molecule has 2 nitrogen and oxygen atoms in total. The number of hydrogen-bond donors (Lipinski definition) is 2. The van der Waals surface area contributed by atoms with Gasteiger partial charge in [-0.05, 0) is 64.2 Å². The average Bonchev–Trinajstić information content (AvgIpc) is 2.61. The van der Waals surface area contributed by atoms with Crippen LogP contribution in [0.2, 0.25) is 0 Å². The molecule has 2 heteroatoms. The largest absolute Gasteiger partial charge is 0.507 e. The molecule has 0 saturated heterocycles. The molecule has 2 N–H and O–H groups in total. The van der Waals surface area contributed by atoms with Crippen LogP contribution in [-0.2, 0) is 21.7 Å². The number of benzene rings is 2. The lowest BCUT2D eigenvalue weighted by atomic mass is 9.70. The van der Waals surface area contributed by atoms with E-state index >= 15 is 0 Å². The minimum absolute atomic E-state index is 0.0622. The summed E-state index contributed by atoms with van der Waals surface area (Å²) < 4.78 is 0. The number of phenolic OH excluding ortho intramolecular Hbond substituents is 2. The first-order valence-corrected chi connectivity index (χ1v) is 13.3. The smallest absolute Gasteiger partial charge is 0.123 e. The van der Waals surface area contributed by atoms with Gasteiger partial charge < -0.3 is 10.2 Å². The SMILES string of the molecule is CCC(c1cc(C(C)(C)C)c(C)c(C(C)(C)C)c1O)c1cc(C(C)(C)C)c(C)c(C(C)(C)C)c1O. The second-order valence-electron chi connectivity index (χ2n) is 14.7. The first-order chi connectivity index (χ1) is 15.5. The molecule has 0 amide bonds. The van der Waals surface area contributed by atoms with Gasteiger partial charge >= 0.3 is 0 Å². The Balaban J connectivity index is 3.08. The maximum absolute atomic E-state index is 11.8. The third-order valence-electron chi connectivity index (χ3n) is 7.45. The average molecular weight is 481 g/mol. The quantitative estimate of drug-likeness (QED) is 0.459. The van der Waals surface area contributed by atoms with E-state index in [9.17, 15) is 10.2 Å². The zero-order valence-corrected chi connectivity index (χ0v) is 25.3. The molecule has 0 aliphatic carbocycles. The van der Waals surface area contributed by atoms with Gasteiger partial charge in [0.05, 0.1) is 0 Å². The van der Waals surface area contributed by atoms with E-state index in [2.05, 4.69) is 116 Å². The topological polar surface area (TPSA) is 40.5 Å². The second-order valence-corrected chi connectivity index (χ2v) is 14.7. The predicted octanol–water partition coefficient (Wildman–Crippen LogP) is 9.45. The molecule has 0 aliphatic heterocycles. The van der Waals surface area contributed by atoms with Crippen molar-refractivity contribution in [3.05, 3.63) is 56.6 Å². The van der Waals surface area contributed by atoms with Gasteiger partial charge in [0, 0.05) is 28.2 Å². The third-order valence-corrected chi connectivity index (χ3v) is 7.45. The highest BCUT2D eigenvalue weighted by Crippen LogP contribution is 2.50. The molecule has 0 bridgehead atoms. The summed E-state index contributed by atoms with van der Waals surface area (Å²) in [6.45, 7) is 32.9. The highest BCUT2D eigenvalue weighted by Gasteiger charge is 2.34. The van der Waals surface area contributed by atoms with Crippen molar-refractivity contribution in [2.75, 3.05) is 0 Å². The zero-order chi connectivity index (χ0) is 27.5. The normalized spacial score (nSPS) is 13.6. The Labute approximate surface area is 216 Å². The molecule has 2 rings (SSSR count). The lowest BCUT2D eigenvalue weighted by molar-refractivity contribution is 0.422. The van der Waals surface area contributed by atoms with Crippen molar-refractivity contribution in [2.24, 2.45) is 0 Å². The van der Waals surface area contributed by atoms with Gasteiger partial charge in [0.15, 0.2) is 0 Å². The van der Waals surface area contributed by atoms with E-state index in [-0.39, 0.29) is 27.6 Å². The Morgan fingerprint density at radius 3 is 1.06 bits per heavy atom. The van der Waals surface area contributed by atoms with Crippen LogP contribution in [0.4, 0.5) is 0 Å². The fourth-order valence-corrected chi connectivity index (χ4v) is 6.11. The predicted molar refractivity (Wildman–Crippen MR) is 153 cm³/mol. The molecule has 0 unspecified atom stereocenters. The van der Waals surface area contributed by atoms with Gasteiger partial charge in [-0.3, -0.25) is 0 Å². The van der Waals surface area contributed by atoms with Crippen LogP contribution in [0.15, 0.2) is 12.1 Å². The van der Waals surface area contributed by atoms with E-state index in [1.54, 1.807) is 0 Å². The lowest BCUT2D eigenvalue weighted by Crippen LogP contribution is -2.23. The molecule has 0 atom stereocenters. The van der Waals surface area contributed by atoms with E-state index < -0.39 is 0 Å². The van der Waals surface area contributed by atoms with Crippen molar-refractivity contribution < 1.29 is 10.2 Å². The highest BCUT2D eigenvalue weighted by molar-refractivity contribution is 5.61. The van der Waals surface area contributed by atoms with Crippen LogP contribution in [0.25, 0.3) is 0 Å². The van der Waals surface area contributed by atoms with Crippen LogP contribution in [-0.4, -0.2) is 10.2 Å². The first-order valence-electron chi connectivity index (χ1n) is 13.3. The maximum Gasteiger partial charge on any atom is 0.123 e. The van der Waals surface area contributed by atoms with Crippen molar-refractivity contribution in [1.29, 1.82) is 0 Å². The summed E-state index contributed by atoms with van der Waals surface area (Å²) in [7, 11) is 0. The van der Waals surface area contributed by atoms with Gasteiger partial charge in [-0.1, -0.05) is 102 Å². The molecule has 0 heterocycles. The van der Waals surface area contributed by atoms with Crippen LogP contribution in [0.3, 0.4) is 0 Å². The number of aromatic hydroxyl groups is 2. The van der Waals surface area contributed by atoms with Crippen LogP contribution in [0.5, 0.6) is 11.5 Å². The Morgan fingerprint density at radius 2 is 0.857 bits per heavy atom. The van der Waals surface area contributed by atoms with E-state index in [1.807, 2.05) is 0 Å². The van der Waals surface area contributed by atoms with Crippen molar-refractivity contribution >= 4 is 0 Å². The van der Waals surface area contributed by atoms with Gasteiger partial charge in [0.25, 0.3) is 0 Å². The van der Waals surface area contributed by atoms with E-state index in [0.717, 1.165) is 28.7 Å². The molecule has 35 heavy (non-hydrogen) atoms. The molecule has 0 spiro atoms. The van der Waals surface area contributed by atoms with Crippen LogP contribution < -0.4 is 0 Å². The molecule has 0 fully saturated rings. The first kappa shape index (κ1) is 29.3. The minimum atomic E-state index is -0.203. The Hall–Kier alpha value is -1.96. The second kappa shape index (κ2) is 9.16. The molecular weight excluding hydrogens is 428 g/mol. The van der Waals surface area contributed by atoms with Gasteiger partial charge in [-0.15, -0.1) is 0 Å². The van der Waals surface area contributed by atoms with E-state index in [4.69, 9.17) is 0 Å². The molecular formula is C33H52O2. The number of rotatable bonds is 3. The lowest BCUT2D eigenvalue weighted by Gasteiger charge is -2.35. The van der Waals surface area contributed by atoms with Crippen molar-refractivity contribution in [3.63, 3.8) is 0 Å². The molecule has 0 saturated carbocycles. The van der Waals surface area contributed by atoms with E-state index in [1.165, 1.54) is 22.3 Å². The van der Waals surface area contributed by atoms with Gasteiger partial charge in [0.2, 0.25) is 0 Å². The van der Waals surface area contributed by atoms with Crippen molar-refractivity contribution in [2.45, 2.75) is 138 Å². The molecule has 0 radical (unpaired) electrons. The zero-order valence-electron chi connectivity index (χ0n) is 25.3. The summed E-state index contributed by atoms with van der Waals surface area (Å²) in [5, 5.41) is 23.6. The van der Waals surface area contributed by atoms with Crippen LogP contribution >= 0.6 is 0 Å². The highest BCUT2D eigenvalue weighted by atomic mass is 16.3. The van der Waals surface area contributed by atoms with E-state index in [0.29, 0.717) is 11.5 Å². The molecule has 0 aromatic heterocycles. The molecule has 0 aliphatic rings. The fraction of sp³-hybridized carbons (Fsp3) is 0.636. The monoisotopic (exact) mass is 480 g/mol. The standard InChI is InChI=1S/C33H52O2/c1-16-21(22-17-24(30(4,5)6)19(2)26(28(22)34)32(10,11)12)23-18-25(31(7,8)9)20(3)27(29(23)35)33(13,14)15/h17-18,21,34-35H,16H2,1-15H3. The number of phenols is 2. The Bertz CT molecular complexity index is 1000. The van der Waals surface area contributed by atoms with Crippen molar-refractivity contribution in [1.82, 2.24) is 0 Å². The molecule has 2 aromatic rings. The summed E-state index contributed by atoms with van der Waals surface area (Å²) in [5.74, 6) is 0.648. The van der Waals surface area contributed by atoms with Gasteiger partial charge in [-0.25, -0.2) is 0 Å². The summed E-state index contributed by atoms with van der Waals surface area (Å²) >= 11 is 0. The van der Waals surface area contributed by atoms with Crippen LogP contribution in [0, 0.1) is 13.8 Å². The summed E-state index contributed by atoms with van der Waals surface area (Å²) in [6, 6.07) is 4.42. The summed E-state index contributed by atoms with van der Waals surface area (Å²) in [6.07, 6.45) is 0.785. The Morgan fingerprint density at radius 1 is 0.571 bits per heavy atom. The fourth-order valence-electron chi connectivity index (χ4n) is 6.11. The summed E-state index contributed by atoms with van der Waals surface area (Å²) in [4.78, 5) is 0. The van der Waals surface area contributed by atoms with Crippen LogP contribution in [0.1, 0.15) is 147 Å². The maximum atomic E-state index is 11.8. The van der Waals surface area contributed by atoms with Gasteiger partial charge in [0.1, 0.15) is 11.5 Å². The third kappa shape index (κ3) is 5.57. The summed E-state index contributed by atoms with van der Waals surface area (Å²) in [5.41, 5.74) is 8.18. The van der Waals surface area contributed by atoms with Gasteiger partial charge in [-0.2, -0.15) is 0 Å². The Kier molecular flexibility index (Phi) is 7.66. The molecule has 196 valence electrons.